The van der Waals surface area contributed by atoms with Crippen LogP contribution in [0.5, 0.6) is 0 Å². The van der Waals surface area contributed by atoms with Crippen molar-refractivity contribution in [3.63, 3.8) is 0 Å². The molecule has 0 saturated heterocycles. The summed E-state index contributed by atoms with van der Waals surface area (Å²) >= 11 is 1.51. The highest BCUT2D eigenvalue weighted by molar-refractivity contribution is 7.16. The summed E-state index contributed by atoms with van der Waals surface area (Å²) in [5, 5.41) is 0.809. The molecule has 1 aromatic carbocycles. The highest BCUT2D eigenvalue weighted by Gasteiger charge is 1.91. The Labute approximate surface area is 93.6 Å². The molecular formula is C13H11NS. The Morgan fingerprint density at radius 2 is 1.73 bits per heavy atom. The Bertz CT molecular complexity index is 511. The van der Waals surface area contributed by atoms with Gasteiger partial charge in [0.1, 0.15) is 0 Å². The van der Waals surface area contributed by atoms with Crippen molar-refractivity contribution in [2.24, 2.45) is 0 Å². The van der Waals surface area contributed by atoms with Crippen molar-refractivity contribution in [3.8, 4) is 11.8 Å². The van der Waals surface area contributed by atoms with Crippen molar-refractivity contribution in [2.75, 3.05) is 5.73 Å². The van der Waals surface area contributed by atoms with Crippen molar-refractivity contribution < 1.29 is 0 Å². The summed E-state index contributed by atoms with van der Waals surface area (Å²) in [6, 6.07) is 12.0. The van der Waals surface area contributed by atoms with Gasteiger partial charge in [0, 0.05) is 5.56 Å². The first kappa shape index (κ1) is 9.82. The van der Waals surface area contributed by atoms with Gasteiger partial charge in [-0.3, -0.25) is 0 Å². The first-order valence-electron chi connectivity index (χ1n) is 4.68. The molecule has 2 rings (SSSR count). The number of hydrogen-bond donors (Lipinski definition) is 1. The van der Waals surface area contributed by atoms with E-state index in [2.05, 4.69) is 30.9 Å². The molecule has 0 unspecified atom stereocenters. The van der Waals surface area contributed by atoms with Crippen LogP contribution in [0.2, 0.25) is 0 Å². The minimum atomic E-state index is 0.809. The minimum Gasteiger partial charge on any atom is -0.391 e. The van der Waals surface area contributed by atoms with Crippen molar-refractivity contribution in [2.45, 2.75) is 6.92 Å². The van der Waals surface area contributed by atoms with Gasteiger partial charge in [-0.05, 0) is 31.2 Å². The second kappa shape index (κ2) is 4.20. The lowest BCUT2D eigenvalue weighted by molar-refractivity contribution is 1.46. The molecule has 1 nitrogen and oxygen atoms in total. The number of benzene rings is 1. The van der Waals surface area contributed by atoms with Crippen LogP contribution in [0.25, 0.3) is 0 Å². The van der Waals surface area contributed by atoms with Crippen LogP contribution in [0.1, 0.15) is 16.0 Å². The lowest BCUT2D eigenvalue weighted by atomic mass is 10.1. The Balaban J connectivity index is 2.22. The third kappa shape index (κ3) is 2.61. The summed E-state index contributed by atoms with van der Waals surface area (Å²) < 4.78 is 0. The van der Waals surface area contributed by atoms with Crippen LogP contribution in [0.15, 0.2) is 36.4 Å². The van der Waals surface area contributed by atoms with E-state index in [1.807, 2.05) is 24.3 Å². The number of thiophene rings is 1. The molecule has 2 aromatic rings. The molecule has 0 aliphatic carbocycles. The number of nitrogens with two attached hydrogens (primary N) is 1. The lowest BCUT2D eigenvalue weighted by Crippen LogP contribution is -1.75. The van der Waals surface area contributed by atoms with Gasteiger partial charge in [0.25, 0.3) is 0 Å². The van der Waals surface area contributed by atoms with Gasteiger partial charge in [0.2, 0.25) is 0 Å². The van der Waals surface area contributed by atoms with Gasteiger partial charge in [0.05, 0.1) is 9.88 Å². The molecule has 0 amide bonds. The third-order valence-corrected chi connectivity index (χ3v) is 2.84. The van der Waals surface area contributed by atoms with Crippen LogP contribution >= 0.6 is 11.3 Å². The SMILES string of the molecule is Cc1ccc(C#Cc2ccc(N)s2)cc1. The van der Waals surface area contributed by atoms with Gasteiger partial charge in [0.15, 0.2) is 0 Å². The highest BCUT2D eigenvalue weighted by Crippen LogP contribution is 2.16. The van der Waals surface area contributed by atoms with Crippen LogP contribution in [0, 0.1) is 18.8 Å². The predicted octanol–water partition coefficient (Wildman–Crippen LogP) is 3.04. The van der Waals surface area contributed by atoms with Gasteiger partial charge in [-0.25, -0.2) is 0 Å². The fourth-order valence-corrected chi connectivity index (χ4v) is 1.82. The third-order valence-electron chi connectivity index (χ3n) is 2.01. The van der Waals surface area contributed by atoms with Crippen molar-refractivity contribution in [1.29, 1.82) is 0 Å². The summed E-state index contributed by atoms with van der Waals surface area (Å²) in [7, 11) is 0. The summed E-state index contributed by atoms with van der Waals surface area (Å²) in [4.78, 5) is 1.01. The molecule has 2 heteroatoms. The Kier molecular flexibility index (Phi) is 2.75. The van der Waals surface area contributed by atoms with Gasteiger partial charge < -0.3 is 5.73 Å². The minimum absolute atomic E-state index is 0.809. The smallest absolute Gasteiger partial charge is 0.0869 e. The molecule has 0 aliphatic heterocycles. The monoisotopic (exact) mass is 213 g/mol. The standard InChI is InChI=1S/C13H11NS/c1-10-2-4-11(5-3-10)6-7-12-8-9-13(14)15-12/h2-5,8-9H,14H2,1H3. The van der Waals surface area contributed by atoms with Gasteiger partial charge in [-0.15, -0.1) is 11.3 Å². The molecule has 0 fully saturated rings. The maximum Gasteiger partial charge on any atom is 0.0869 e. The Morgan fingerprint density at radius 1 is 1.00 bits per heavy atom. The van der Waals surface area contributed by atoms with Crippen molar-refractivity contribution >= 4 is 16.3 Å². The summed E-state index contributed by atoms with van der Waals surface area (Å²) in [6.45, 7) is 2.07. The van der Waals surface area contributed by atoms with Crippen LogP contribution in [0.3, 0.4) is 0 Å². The van der Waals surface area contributed by atoms with E-state index in [1.54, 1.807) is 0 Å². The largest absolute Gasteiger partial charge is 0.391 e. The van der Waals surface area contributed by atoms with E-state index in [0.717, 1.165) is 15.4 Å². The summed E-state index contributed by atoms with van der Waals surface area (Å²) in [6.07, 6.45) is 0. The second-order valence-electron chi connectivity index (χ2n) is 3.32. The van der Waals surface area contributed by atoms with Crippen LogP contribution in [-0.2, 0) is 0 Å². The van der Waals surface area contributed by atoms with E-state index >= 15 is 0 Å². The first-order valence-corrected chi connectivity index (χ1v) is 5.50. The Morgan fingerprint density at radius 3 is 2.33 bits per heavy atom. The maximum absolute atomic E-state index is 5.62. The lowest BCUT2D eigenvalue weighted by Gasteiger charge is -1.90. The van der Waals surface area contributed by atoms with Crippen LogP contribution < -0.4 is 5.73 Å². The number of aryl methyl sites for hydroxylation is 1. The molecule has 0 saturated carbocycles. The maximum atomic E-state index is 5.62. The molecule has 2 N–H and O–H groups in total. The average Bonchev–Trinajstić information content (AvgIpc) is 2.64. The zero-order valence-electron chi connectivity index (χ0n) is 8.45. The zero-order chi connectivity index (χ0) is 10.7. The summed E-state index contributed by atoms with van der Waals surface area (Å²) in [5.74, 6) is 6.20. The van der Waals surface area contributed by atoms with Crippen LogP contribution in [-0.4, -0.2) is 0 Å². The van der Waals surface area contributed by atoms with E-state index in [1.165, 1.54) is 16.9 Å². The topological polar surface area (TPSA) is 26.0 Å². The molecule has 0 atom stereocenters. The molecule has 1 aromatic heterocycles. The molecule has 0 aliphatic rings. The van der Waals surface area contributed by atoms with E-state index in [0.29, 0.717) is 0 Å². The fourth-order valence-electron chi connectivity index (χ4n) is 1.19. The molecule has 74 valence electrons. The first-order chi connectivity index (χ1) is 7.24. The Hall–Kier alpha value is -1.72. The molecular weight excluding hydrogens is 202 g/mol. The molecule has 1 heterocycles. The molecule has 0 bridgehead atoms. The molecule has 15 heavy (non-hydrogen) atoms. The normalized spacial score (nSPS) is 9.40. The number of anilines is 1. The van der Waals surface area contributed by atoms with E-state index in [4.69, 9.17) is 5.73 Å². The van der Waals surface area contributed by atoms with Crippen molar-refractivity contribution in [3.05, 3.63) is 52.4 Å². The highest BCUT2D eigenvalue weighted by atomic mass is 32.1. The quantitative estimate of drug-likeness (QED) is 0.669. The van der Waals surface area contributed by atoms with E-state index in [-0.39, 0.29) is 0 Å². The van der Waals surface area contributed by atoms with Gasteiger partial charge >= 0.3 is 0 Å². The predicted molar refractivity (Wildman–Crippen MR) is 65.9 cm³/mol. The number of nitrogen functional groups attached to an aromatic ring is 1. The second-order valence-corrected chi connectivity index (χ2v) is 4.43. The zero-order valence-corrected chi connectivity index (χ0v) is 9.27. The number of rotatable bonds is 0. The summed E-state index contributed by atoms with van der Waals surface area (Å²) in [5.41, 5.74) is 7.90. The van der Waals surface area contributed by atoms with Crippen molar-refractivity contribution in [1.82, 2.24) is 0 Å². The molecule has 0 spiro atoms. The molecule has 0 radical (unpaired) electrons. The van der Waals surface area contributed by atoms with E-state index < -0.39 is 0 Å². The fraction of sp³-hybridized carbons (Fsp3) is 0.0769. The van der Waals surface area contributed by atoms with Gasteiger partial charge in [-0.1, -0.05) is 29.5 Å². The van der Waals surface area contributed by atoms with Crippen LogP contribution in [0.4, 0.5) is 5.00 Å². The average molecular weight is 213 g/mol. The number of hydrogen-bond acceptors (Lipinski definition) is 2. The van der Waals surface area contributed by atoms with E-state index in [9.17, 15) is 0 Å². The van der Waals surface area contributed by atoms with Gasteiger partial charge in [-0.2, -0.15) is 0 Å².